The van der Waals surface area contributed by atoms with Gasteiger partial charge in [0.2, 0.25) is 5.88 Å². The molecule has 0 aliphatic heterocycles. The number of carbonyl (C=O) groups is 1. The van der Waals surface area contributed by atoms with Crippen molar-refractivity contribution in [1.82, 2.24) is 19.5 Å². The molecule has 1 N–H and O–H groups in total. The Morgan fingerprint density at radius 2 is 1.80 bits per heavy atom. The highest BCUT2D eigenvalue weighted by atomic mass is 35.5. The lowest BCUT2D eigenvalue weighted by Gasteiger charge is -2.09. The molecule has 0 atom stereocenters. The molecule has 30 heavy (non-hydrogen) atoms. The number of benzene rings is 2. The van der Waals surface area contributed by atoms with Crippen LogP contribution < -0.4 is 10.1 Å². The molecule has 2 aromatic carbocycles. The third-order valence-corrected chi connectivity index (χ3v) is 4.91. The lowest BCUT2D eigenvalue weighted by atomic mass is 10.2. The van der Waals surface area contributed by atoms with Gasteiger partial charge >= 0.3 is 0 Å². The first-order valence-electron chi connectivity index (χ1n) is 9.18. The number of aromatic nitrogens is 4. The molecule has 0 aliphatic rings. The molecule has 0 radical (unpaired) electrons. The van der Waals surface area contributed by atoms with Crippen LogP contribution in [0.3, 0.4) is 0 Å². The number of anilines is 1. The maximum atomic E-state index is 12.4. The van der Waals surface area contributed by atoms with Crippen LogP contribution in [0.15, 0.2) is 67.3 Å². The minimum atomic E-state index is -0.277. The number of amides is 1. The number of nitrogens with one attached hydrogen (secondary N) is 1. The van der Waals surface area contributed by atoms with Crippen molar-refractivity contribution in [2.24, 2.45) is 0 Å². The van der Waals surface area contributed by atoms with Gasteiger partial charge in [-0.25, -0.2) is 15.0 Å². The Balaban J connectivity index is 1.46. The second-order valence-electron chi connectivity index (χ2n) is 6.56. The molecule has 8 heteroatoms. The molecule has 4 rings (SSSR count). The summed E-state index contributed by atoms with van der Waals surface area (Å²) in [5, 5.41) is 3.22. The predicted octanol–water partition coefficient (Wildman–Crippen LogP) is 4.98. The van der Waals surface area contributed by atoms with E-state index in [2.05, 4.69) is 20.3 Å². The highest BCUT2D eigenvalue weighted by Crippen LogP contribution is 2.24. The van der Waals surface area contributed by atoms with E-state index in [-0.39, 0.29) is 5.91 Å². The van der Waals surface area contributed by atoms with E-state index in [4.69, 9.17) is 16.3 Å². The van der Waals surface area contributed by atoms with Gasteiger partial charge in [0, 0.05) is 17.4 Å². The number of nitrogens with zero attached hydrogens (tertiary/aromatic N) is 4. The molecule has 0 unspecified atom stereocenters. The van der Waals surface area contributed by atoms with Gasteiger partial charge in [0.25, 0.3) is 5.91 Å². The van der Waals surface area contributed by atoms with Crippen LogP contribution in [0.5, 0.6) is 11.6 Å². The maximum Gasteiger partial charge on any atom is 0.257 e. The van der Waals surface area contributed by atoms with Gasteiger partial charge < -0.3 is 10.1 Å². The lowest BCUT2D eigenvalue weighted by molar-refractivity contribution is 0.102. The Labute approximate surface area is 178 Å². The van der Waals surface area contributed by atoms with E-state index in [1.165, 1.54) is 6.33 Å². The van der Waals surface area contributed by atoms with Crippen molar-refractivity contribution < 1.29 is 9.53 Å². The third kappa shape index (κ3) is 4.16. The van der Waals surface area contributed by atoms with Crippen molar-refractivity contribution in [3.8, 4) is 17.4 Å². The summed E-state index contributed by atoms with van der Waals surface area (Å²) in [4.78, 5) is 25.1. The number of aryl methyl sites for hydroxylation is 1. The van der Waals surface area contributed by atoms with E-state index in [0.29, 0.717) is 33.7 Å². The lowest BCUT2D eigenvalue weighted by Crippen LogP contribution is -2.12. The zero-order chi connectivity index (χ0) is 21.1. The van der Waals surface area contributed by atoms with Crippen molar-refractivity contribution >= 4 is 23.2 Å². The molecule has 0 saturated heterocycles. The summed E-state index contributed by atoms with van der Waals surface area (Å²) in [5.41, 5.74) is 2.97. The Kier molecular flexibility index (Phi) is 5.45. The van der Waals surface area contributed by atoms with Crippen molar-refractivity contribution in [2.45, 2.75) is 13.8 Å². The summed E-state index contributed by atoms with van der Waals surface area (Å²) in [5.74, 6) is 1.37. The SMILES string of the molecule is Cc1ncn(-c2cc(Oc3ccc(NC(=O)c4ccccc4Cl)cc3)ncn2)c1C. The fraction of sp³-hybridized carbons (Fsp3) is 0.0909. The average Bonchev–Trinajstić information content (AvgIpc) is 3.08. The third-order valence-electron chi connectivity index (χ3n) is 4.58. The molecule has 0 bridgehead atoms. The zero-order valence-corrected chi connectivity index (χ0v) is 17.1. The van der Waals surface area contributed by atoms with E-state index >= 15 is 0 Å². The van der Waals surface area contributed by atoms with Gasteiger partial charge in [0.1, 0.15) is 24.2 Å². The molecular formula is C22H18ClN5O2. The number of halogens is 1. The van der Waals surface area contributed by atoms with Crippen molar-refractivity contribution in [1.29, 1.82) is 0 Å². The summed E-state index contributed by atoms with van der Waals surface area (Å²) in [7, 11) is 0. The number of hydrogen-bond donors (Lipinski definition) is 1. The van der Waals surface area contributed by atoms with Crippen LogP contribution in [-0.2, 0) is 0 Å². The summed E-state index contributed by atoms with van der Waals surface area (Å²) in [6.45, 7) is 3.91. The van der Waals surface area contributed by atoms with Gasteiger partial charge in [-0.15, -0.1) is 0 Å². The number of ether oxygens (including phenoxy) is 1. The van der Waals surface area contributed by atoms with Gasteiger partial charge in [-0.1, -0.05) is 23.7 Å². The van der Waals surface area contributed by atoms with E-state index in [9.17, 15) is 4.79 Å². The van der Waals surface area contributed by atoms with Crippen molar-refractivity contribution in [3.05, 3.63) is 89.2 Å². The van der Waals surface area contributed by atoms with Crippen LogP contribution in [0.4, 0.5) is 5.69 Å². The van der Waals surface area contributed by atoms with Crippen molar-refractivity contribution in [3.63, 3.8) is 0 Å². The molecule has 1 amide bonds. The van der Waals surface area contributed by atoms with Crippen LogP contribution in [0.1, 0.15) is 21.7 Å². The highest BCUT2D eigenvalue weighted by Gasteiger charge is 2.11. The van der Waals surface area contributed by atoms with E-state index < -0.39 is 0 Å². The average molecular weight is 420 g/mol. The normalized spacial score (nSPS) is 10.6. The fourth-order valence-corrected chi connectivity index (χ4v) is 3.04. The summed E-state index contributed by atoms with van der Waals surface area (Å²) in [6, 6.07) is 15.6. The topological polar surface area (TPSA) is 81.9 Å². The Morgan fingerprint density at radius 1 is 1.03 bits per heavy atom. The number of hydrogen-bond acceptors (Lipinski definition) is 5. The highest BCUT2D eigenvalue weighted by molar-refractivity contribution is 6.34. The zero-order valence-electron chi connectivity index (χ0n) is 16.3. The Hall–Kier alpha value is -3.71. The standard InChI is InChI=1S/C22H18ClN5O2/c1-14-15(2)28(13-26-14)20-11-21(25-12-24-20)30-17-9-7-16(8-10-17)27-22(29)18-5-3-4-6-19(18)23/h3-13H,1-2H3,(H,27,29). The van der Waals surface area contributed by atoms with E-state index in [0.717, 1.165) is 11.4 Å². The summed E-state index contributed by atoms with van der Waals surface area (Å²) < 4.78 is 7.70. The van der Waals surface area contributed by atoms with Crippen LogP contribution >= 0.6 is 11.6 Å². The second-order valence-corrected chi connectivity index (χ2v) is 6.97. The second kappa shape index (κ2) is 8.34. The minimum Gasteiger partial charge on any atom is -0.439 e. The number of imidazole rings is 1. The molecule has 0 aliphatic carbocycles. The molecular weight excluding hydrogens is 402 g/mol. The maximum absolute atomic E-state index is 12.4. The molecule has 2 heterocycles. The predicted molar refractivity (Wildman–Crippen MR) is 115 cm³/mol. The Morgan fingerprint density at radius 3 is 2.50 bits per heavy atom. The molecule has 7 nitrogen and oxygen atoms in total. The largest absolute Gasteiger partial charge is 0.439 e. The fourth-order valence-electron chi connectivity index (χ4n) is 2.82. The molecule has 0 saturated carbocycles. The van der Waals surface area contributed by atoms with Crippen LogP contribution in [0, 0.1) is 13.8 Å². The van der Waals surface area contributed by atoms with E-state index in [1.54, 1.807) is 60.9 Å². The first-order chi connectivity index (χ1) is 14.5. The quantitative estimate of drug-likeness (QED) is 0.493. The molecule has 2 aromatic heterocycles. The van der Waals surface area contributed by atoms with Gasteiger partial charge in [-0.3, -0.25) is 9.36 Å². The van der Waals surface area contributed by atoms with E-state index in [1.807, 2.05) is 18.4 Å². The first kappa shape index (κ1) is 19.6. The smallest absolute Gasteiger partial charge is 0.257 e. The van der Waals surface area contributed by atoms with Gasteiger partial charge in [0.15, 0.2) is 0 Å². The number of carbonyl (C=O) groups excluding carboxylic acids is 1. The molecule has 0 spiro atoms. The van der Waals surface area contributed by atoms with Crippen LogP contribution in [-0.4, -0.2) is 25.4 Å². The minimum absolute atomic E-state index is 0.277. The van der Waals surface area contributed by atoms with Crippen molar-refractivity contribution in [2.75, 3.05) is 5.32 Å². The molecule has 4 aromatic rings. The monoisotopic (exact) mass is 419 g/mol. The van der Waals surface area contributed by atoms with Gasteiger partial charge in [0.05, 0.1) is 16.3 Å². The van der Waals surface area contributed by atoms with Crippen LogP contribution in [0.25, 0.3) is 5.82 Å². The summed E-state index contributed by atoms with van der Waals surface area (Å²) in [6.07, 6.45) is 3.16. The molecule has 0 fully saturated rings. The first-order valence-corrected chi connectivity index (χ1v) is 9.56. The van der Waals surface area contributed by atoms with Crippen LogP contribution in [0.2, 0.25) is 5.02 Å². The summed E-state index contributed by atoms with van der Waals surface area (Å²) >= 11 is 6.07. The molecule has 150 valence electrons. The Bertz CT molecular complexity index is 1200. The van der Waals surface area contributed by atoms with Gasteiger partial charge in [-0.2, -0.15) is 0 Å². The number of rotatable bonds is 5. The van der Waals surface area contributed by atoms with Gasteiger partial charge in [-0.05, 0) is 50.2 Å².